The summed E-state index contributed by atoms with van der Waals surface area (Å²) in [5.74, 6) is 0.118. The van der Waals surface area contributed by atoms with Crippen LogP contribution < -0.4 is 0 Å². The predicted octanol–water partition coefficient (Wildman–Crippen LogP) is 2.07. The van der Waals surface area contributed by atoms with Crippen molar-refractivity contribution < 1.29 is 14.3 Å². The smallest absolute Gasteiger partial charge is 0.270 e. The zero-order valence-electron chi connectivity index (χ0n) is 13.6. The molecule has 0 N–H and O–H groups in total. The van der Waals surface area contributed by atoms with Gasteiger partial charge >= 0.3 is 0 Å². The van der Waals surface area contributed by atoms with Crippen LogP contribution in [0.25, 0.3) is 0 Å². The Labute approximate surface area is 132 Å². The van der Waals surface area contributed by atoms with E-state index in [0.29, 0.717) is 13.2 Å². The van der Waals surface area contributed by atoms with Gasteiger partial charge in [-0.05, 0) is 38.3 Å². The molecule has 122 valence electrons. The highest BCUT2D eigenvalue weighted by atomic mass is 16.5. The molecule has 2 atom stereocenters. The molecular weight excluding hydrogens is 280 g/mol. The van der Waals surface area contributed by atoms with Crippen LogP contribution in [-0.4, -0.2) is 54.4 Å². The van der Waals surface area contributed by atoms with Crippen molar-refractivity contribution in [1.29, 1.82) is 0 Å². The highest BCUT2D eigenvalue weighted by molar-refractivity contribution is 5.92. The fourth-order valence-electron chi connectivity index (χ4n) is 3.82. The summed E-state index contributed by atoms with van der Waals surface area (Å²) in [6.07, 6.45) is 5.18. The summed E-state index contributed by atoms with van der Waals surface area (Å²) in [5.41, 5.74) is 0.717. The summed E-state index contributed by atoms with van der Waals surface area (Å²) in [7, 11) is 1.92. The van der Waals surface area contributed by atoms with Gasteiger partial charge in [0.15, 0.2) is 0 Å². The van der Waals surface area contributed by atoms with Crippen molar-refractivity contribution in [2.24, 2.45) is 12.5 Å². The van der Waals surface area contributed by atoms with E-state index in [4.69, 9.17) is 9.47 Å². The normalized spacial score (nSPS) is 28.5. The quantitative estimate of drug-likeness (QED) is 0.855. The molecule has 3 rings (SSSR count). The fourth-order valence-corrected chi connectivity index (χ4v) is 3.82. The van der Waals surface area contributed by atoms with Gasteiger partial charge < -0.3 is 18.9 Å². The van der Waals surface area contributed by atoms with Gasteiger partial charge in [0.2, 0.25) is 0 Å². The van der Waals surface area contributed by atoms with Gasteiger partial charge in [-0.15, -0.1) is 0 Å². The van der Waals surface area contributed by atoms with E-state index in [2.05, 4.69) is 0 Å². The summed E-state index contributed by atoms with van der Waals surface area (Å²) in [6.45, 7) is 5.75. The third-order valence-electron chi connectivity index (χ3n) is 5.03. The van der Waals surface area contributed by atoms with Gasteiger partial charge in [-0.25, -0.2) is 0 Å². The molecule has 1 aromatic heterocycles. The maximum Gasteiger partial charge on any atom is 0.270 e. The zero-order valence-corrected chi connectivity index (χ0v) is 13.6. The number of piperidine rings is 1. The third-order valence-corrected chi connectivity index (χ3v) is 5.03. The lowest BCUT2D eigenvalue weighted by molar-refractivity contribution is -0.146. The van der Waals surface area contributed by atoms with Gasteiger partial charge in [0.1, 0.15) is 5.69 Å². The van der Waals surface area contributed by atoms with Gasteiger partial charge in [0, 0.05) is 45.0 Å². The number of carbonyl (C=O) groups excluding carboxylic acids is 1. The molecule has 0 bridgehead atoms. The number of hydrogen-bond acceptors (Lipinski definition) is 3. The standard InChI is InChI=1S/C17H26N2O3/c1-3-21-13-17-8-5-11-22-15(17)7-10-19(12-17)16(20)14-6-4-9-18(14)2/h4,6,9,15H,3,5,7-8,10-13H2,1-2H3/t15-,17+/m0/s1. The largest absolute Gasteiger partial charge is 0.381 e. The van der Waals surface area contributed by atoms with Crippen LogP contribution >= 0.6 is 0 Å². The molecule has 5 nitrogen and oxygen atoms in total. The molecule has 22 heavy (non-hydrogen) atoms. The van der Waals surface area contributed by atoms with E-state index in [9.17, 15) is 4.79 Å². The highest BCUT2D eigenvalue weighted by Gasteiger charge is 2.47. The lowest BCUT2D eigenvalue weighted by atomic mass is 9.73. The molecular formula is C17H26N2O3. The first-order valence-electron chi connectivity index (χ1n) is 8.26. The van der Waals surface area contributed by atoms with Gasteiger partial charge in [0.25, 0.3) is 5.91 Å². The lowest BCUT2D eigenvalue weighted by Crippen LogP contribution is -2.58. The number of amides is 1. The van der Waals surface area contributed by atoms with Crippen molar-refractivity contribution in [3.8, 4) is 0 Å². The molecule has 2 aliphatic heterocycles. The van der Waals surface area contributed by atoms with Gasteiger partial charge in [-0.1, -0.05) is 0 Å². The van der Waals surface area contributed by atoms with Crippen molar-refractivity contribution in [2.75, 3.05) is 32.9 Å². The van der Waals surface area contributed by atoms with Crippen LogP contribution in [0.5, 0.6) is 0 Å². The summed E-state index contributed by atoms with van der Waals surface area (Å²) in [6, 6.07) is 3.81. The Balaban J connectivity index is 1.78. The Morgan fingerprint density at radius 1 is 1.55 bits per heavy atom. The molecule has 0 radical (unpaired) electrons. The van der Waals surface area contributed by atoms with Crippen molar-refractivity contribution >= 4 is 5.91 Å². The van der Waals surface area contributed by atoms with Crippen molar-refractivity contribution in [1.82, 2.24) is 9.47 Å². The molecule has 0 saturated carbocycles. The topological polar surface area (TPSA) is 43.7 Å². The Morgan fingerprint density at radius 2 is 2.41 bits per heavy atom. The van der Waals surface area contributed by atoms with E-state index in [0.717, 1.165) is 44.7 Å². The first-order chi connectivity index (χ1) is 10.7. The Morgan fingerprint density at radius 3 is 3.14 bits per heavy atom. The Bertz CT molecular complexity index is 528. The molecule has 1 aromatic rings. The van der Waals surface area contributed by atoms with E-state index in [1.165, 1.54) is 0 Å². The number of carbonyl (C=O) groups is 1. The zero-order chi connectivity index (χ0) is 15.6. The van der Waals surface area contributed by atoms with Crippen LogP contribution in [-0.2, 0) is 16.5 Å². The number of fused-ring (bicyclic) bond motifs is 1. The van der Waals surface area contributed by atoms with Crippen LogP contribution in [0.3, 0.4) is 0 Å². The summed E-state index contributed by atoms with van der Waals surface area (Å²) < 4.78 is 13.6. The maximum absolute atomic E-state index is 12.8. The number of ether oxygens (including phenoxy) is 2. The second kappa shape index (κ2) is 6.42. The number of nitrogens with zero attached hydrogens (tertiary/aromatic N) is 2. The summed E-state index contributed by atoms with van der Waals surface area (Å²) in [4.78, 5) is 14.8. The number of rotatable bonds is 4. The lowest BCUT2D eigenvalue weighted by Gasteiger charge is -2.50. The monoisotopic (exact) mass is 306 g/mol. The molecule has 2 saturated heterocycles. The van der Waals surface area contributed by atoms with E-state index in [-0.39, 0.29) is 17.4 Å². The number of aromatic nitrogens is 1. The second-order valence-electron chi connectivity index (χ2n) is 6.48. The number of likely N-dealkylation sites (tertiary alicyclic amines) is 1. The maximum atomic E-state index is 12.8. The molecule has 3 heterocycles. The van der Waals surface area contributed by atoms with Crippen LogP contribution in [0, 0.1) is 5.41 Å². The van der Waals surface area contributed by atoms with Crippen molar-refractivity contribution in [3.63, 3.8) is 0 Å². The average molecular weight is 306 g/mol. The average Bonchev–Trinajstić information content (AvgIpc) is 2.97. The van der Waals surface area contributed by atoms with Crippen LogP contribution in [0.2, 0.25) is 0 Å². The SMILES string of the molecule is CCOC[C@]12CCCO[C@H]1CCN(C(=O)c1cccn1C)C2. The van der Waals surface area contributed by atoms with E-state index < -0.39 is 0 Å². The third kappa shape index (κ3) is 2.79. The Hall–Kier alpha value is -1.33. The minimum Gasteiger partial charge on any atom is -0.381 e. The van der Waals surface area contributed by atoms with E-state index in [1.807, 2.05) is 41.8 Å². The first-order valence-corrected chi connectivity index (χ1v) is 8.26. The second-order valence-corrected chi connectivity index (χ2v) is 6.48. The molecule has 2 fully saturated rings. The van der Waals surface area contributed by atoms with Gasteiger partial charge in [-0.3, -0.25) is 4.79 Å². The molecule has 2 aliphatic rings. The van der Waals surface area contributed by atoms with Crippen molar-refractivity contribution in [3.05, 3.63) is 24.0 Å². The van der Waals surface area contributed by atoms with Crippen LogP contribution in [0.4, 0.5) is 0 Å². The van der Waals surface area contributed by atoms with Crippen LogP contribution in [0.1, 0.15) is 36.7 Å². The van der Waals surface area contributed by atoms with E-state index >= 15 is 0 Å². The number of hydrogen-bond donors (Lipinski definition) is 0. The molecule has 0 aromatic carbocycles. The Kier molecular flexibility index (Phi) is 4.54. The highest BCUT2D eigenvalue weighted by Crippen LogP contribution is 2.40. The first kappa shape index (κ1) is 15.6. The molecule has 0 spiro atoms. The summed E-state index contributed by atoms with van der Waals surface area (Å²) in [5, 5.41) is 0. The molecule has 0 unspecified atom stereocenters. The molecule has 1 amide bonds. The van der Waals surface area contributed by atoms with Gasteiger partial charge in [0.05, 0.1) is 12.7 Å². The summed E-state index contributed by atoms with van der Waals surface area (Å²) >= 11 is 0. The van der Waals surface area contributed by atoms with Gasteiger partial charge in [-0.2, -0.15) is 0 Å². The predicted molar refractivity (Wildman–Crippen MR) is 83.8 cm³/mol. The molecule has 5 heteroatoms. The minimum absolute atomic E-state index is 0.0344. The fraction of sp³-hybridized carbons (Fsp3) is 0.706. The number of aryl methyl sites for hydroxylation is 1. The molecule has 0 aliphatic carbocycles. The van der Waals surface area contributed by atoms with E-state index in [1.54, 1.807) is 0 Å². The minimum atomic E-state index is -0.0344. The van der Waals surface area contributed by atoms with Crippen molar-refractivity contribution in [2.45, 2.75) is 32.3 Å². The van der Waals surface area contributed by atoms with Crippen LogP contribution in [0.15, 0.2) is 18.3 Å².